The van der Waals surface area contributed by atoms with Crippen molar-refractivity contribution in [3.8, 4) is 5.75 Å². The van der Waals surface area contributed by atoms with Crippen molar-refractivity contribution < 1.29 is 13.5 Å². The first kappa shape index (κ1) is 25.6. The minimum Gasteiger partial charge on any atom is -0.497 e. The first-order chi connectivity index (χ1) is 19.5. The summed E-state index contributed by atoms with van der Waals surface area (Å²) < 4.78 is 35.0. The number of rotatable bonds is 7. The molecule has 0 amide bonds. The number of aromatic amines is 1. The number of fused-ring (bicyclic) bond motifs is 1. The Labute approximate surface area is 228 Å². The molecule has 0 bridgehead atoms. The third-order valence-corrected chi connectivity index (χ3v) is 7.30. The number of nitrogens with one attached hydrogen (secondary N) is 1. The topological polar surface area (TPSA) is 92.2 Å². The van der Waals surface area contributed by atoms with Gasteiger partial charge in [0, 0.05) is 42.6 Å². The number of piperazine rings is 1. The average Bonchev–Trinajstić information content (AvgIpc) is 3.42. The number of benzene rings is 3. The summed E-state index contributed by atoms with van der Waals surface area (Å²) >= 11 is 0. The molecule has 0 saturated carbocycles. The van der Waals surface area contributed by atoms with Crippen molar-refractivity contribution in [2.24, 2.45) is 0 Å². The number of pyridine rings is 1. The first-order valence-electron chi connectivity index (χ1n) is 12.9. The van der Waals surface area contributed by atoms with Crippen LogP contribution in [0.25, 0.3) is 10.9 Å². The van der Waals surface area contributed by atoms with Crippen LogP contribution in [0.4, 0.5) is 14.5 Å². The highest BCUT2D eigenvalue weighted by Gasteiger charge is 2.33. The van der Waals surface area contributed by atoms with Crippen molar-refractivity contribution in [2.45, 2.75) is 12.6 Å². The van der Waals surface area contributed by atoms with Gasteiger partial charge in [0.1, 0.15) is 23.4 Å². The number of tetrazole rings is 1. The summed E-state index contributed by atoms with van der Waals surface area (Å²) in [6.45, 7) is 2.48. The fourth-order valence-corrected chi connectivity index (χ4v) is 5.24. The number of hydrogen-bond donors (Lipinski definition) is 1. The molecule has 5 aromatic rings. The van der Waals surface area contributed by atoms with E-state index in [1.807, 2.05) is 23.1 Å². The lowest BCUT2D eigenvalue weighted by Gasteiger charge is -2.39. The highest BCUT2D eigenvalue weighted by Crippen LogP contribution is 2.30. The maximum Gasteiger partial charge on any atom is 0.253 e. The molecular weight excluding hydrogens is 516 g/mol. The second kappa shape index (κ2) is 10.9. The van der Waals surface area contributed by atoms with Gasteiger partial charge in [-0.15, -0.1) is 5.10 Å². The van der Waals surface area contributed by atoms with Crippen molar-refractivity contribution in [3.05, 3.63) is 112 Å². The number of anilines is 1. The van der Waals surface area contributed by atoms with E-state index in [-0.39, 0.29) is 17.2 Å². The van der Waals surface area contributed by atoms with E-state index >= 15 is 0 Å². The normalized spacial score (nSPS) is 14.9. The summed E-state index contributed by atoms with van der Waals surface area (Å²) in [6, 6.07) is 19.6. The molecule has 1 atom stereocenters. The van der Waals surface area contributed by atoms with Crippen LogP contribution in [0.5, 0.6) is 5.75 Å². The Hall–Kier alpha value is -4.64. The van der Waals surface area contributed by atoms with Crippen molar-refractivity contribution in [1.29, 1.82) is 0 Å². The lowest BCUT2D eigenvalue weighted by atomic mass is 10.0. The molecule has 204 valence electrons. The van der Waals surface area contributed by atoms with E-state index in [9.17, 15) is 13.6 Å². The number of H-pyrrole nitrogens is 1. The third kappa shape index (κ3) is 5.03. The fraction of sp³-hybridized carbons (Fsp3) is 0.241. The number of nitrogens with zero attached hydrogens (tertiary/aromatic N) is 6. The zero-order chi connectivity index (χ0) is 27.6. The largest absolute Gasteiger partial charge is 0.497 e. The Kier molecular flexibility index (Phi) is 6.95. The quantitative estimate of drug-likeness (QED) is 0.334. The predicted octanol–water partition coefficient (Wildman–Crippen LogP) is 3.76. The van der Waals surface area contributed by atoms with Crippen molar-refractivity contribution in [1.82, 2.24) is 30.1 Å². The van der Waals surface area contributed by atoms with E-state index in [1.54, 1.807) is 48.2 Å². The first-order valence-corrected chi connectivity index (χ1v) is 12.9. The van der Waals surface area contributed by atoms with Gasteiger partial charge in [0.2, 0.25) is 0 Å². The molecule has 3 heterocycles. The van der Waals surface area contributed by atoms with Gasteiger partial charge in [-0.2, -0.15) is 0 Å². The highest BCUT2D eigenvalue weighted by molar-refractivity contribution is 5.80. The molecule has 40 heavy (non-hydrogen) atoms. The second-order valence-corrected chi connectivity index (χ2v) is 9.71. The van der Waals surface area contributed by atoms with Crippen LogP contribution in [-0.2, 0) is 6.54 Å². The maximum absolute atomic E-state index is 14.5. The molecule has 11 heteroatoms. The summed E-state index contributed by atoms with van der Waals surface area (Å²) in [5.41, 5.74) is 2.28. The van der Waals surface area contributed by atoms with Gasteiger partial charge in [-0.3, -0.25) is 9.69 Å². The Balaban J connectivity index is 1.39. The molecule has 1 aliphatic heterocycles. The Morgan fingerprint density at radius 3 is 2.50 bits per heavy atom. The van der Waals surface area contributed by atoms with Crippen LogP contribution >= 0.6 is 0 Å². The molecule has 0 radical (unpaired) electrons. The second-order valence-electron chi connectivity index (χ2n) is 9.71. The minimum atomic E-state index is -0.586. The van der Waals surface area contributed by atoms with Gasteiger partial charge in [-0.25, -0.2) is 13.5 Å². The zero-order valence-electron chi connectivity index (χ0n) is 21.8. The molecule has 0 unspecified atom stereocenters. The Bertz CT molecular complexity index is 1700. The lowest BCUT2D eigenvalue weighted by Crippen LogP contribution is -2.49. The van der Waals surface area contributed by atoms with Crippen LogP contribution in [0.1, 0.15) is 23.0 Å². The maximum atomic E-state index is 14.5. The van der Waals surface area contributed by atoms with E-state index in [2.05, 4.69) is 25.4 Å². The smallest absolute Gasteiger partial charge is 0.253 e. The minimum absolute atomic E-state index is 0.254. The van der Waals surface area contributed by atoms with E-state index in [1.165, 1.54) is 18.2 Å². The molecule has 0 spiro atoms. The van der Waals surface area contributed by atoms with Crippen LogP contribution in [0.15, 0.2) is 77.6 Å². The molecular formula is C29H27F2N7O2. The van der Waals surface area contributed by atoms with Crippen LogP contribution in [-0.4, -0.2) is 63.4 Å². The number of aromatic nitrogens is 5. The van der Waals surface area contributed by atoms with Crippen molar-refractivity contribution in [2.75, 3.05) is 38.2 Å². The van der Waals surface area contributed by atoms with Gasteiger partial charge in [-0.1, -0.05) is 24.3 Å². The van der Waals surface area contributed by atoms with Crippen molar-refractivity contribution in [3.63, 3.8) is 0 Å². The zero-order valence-corrected chi connectivity index (χ0v) is 21.8. The van der Waals surface area contributed by atoms with Gasteiger partial charge in [0.15, 0.2) is 5.82 Å². The number of hydrogen-bond acceptors (Lipinski definition) is 7. The SMILES string of the molecule is COc1ccc2[nH]c(=O)c([C@H](c3nnnn3Cc3ccc(F)cc3)N3CCN(c4ccccc4F)CC3)cc2c1. The summed E-state index contributed by atoms with van der Waals surface area (Å²) in [7, 11) is 1.59. The highest BCUT2D eigenvalue weighted by atomic mass is 19.1. The van der Waals surface area contributed by atoms with E-state index in [0.717, 1.165) is 10.9 Å². The fourth-order valence-electron chi connectivity index (χ4n) is 5.24. The molecule has 2 aromatic heterocycles. The summed E-state index contributed by atoms with van der Waals surface area (Å²) in [5.74, 6) is 0.554. The number of ether oxygens (including phenoxy) is 1. The molecule has 9 nitrogen and oxygen atoms in total. The van der Waals surface area contributed by atoms with Gasteiger partial charge < -0.3 is 14.6 Å². The Morgan fingerprint density at radius 1 is 0.975 bits per heavy atom. The summed E-state index contributed by atoms with van der Waals surface area (Å²) in [4.78, 5) is 20.6. The van der Waals surface area contributed by atoms with E-state index in [4.69, 9.17) is 4.74 Å². The number of para-hydroxylation sites is 1. The monoisotopic (exact) mass is 543 g/mol. The van der Waals surface area contributed by atoms with Gasteiger partial charge in [0.05, 0.1) is 19.3 Å². The van der Waals surface area contributed by atoms with Gasteiger partial charge in [0.25, 0.3) is 5.56 Å². The molecule has 1 aliphatic rings. The van der Waals surface area contributed by atoms with Crippen molar-refractivity contribution >= 4 is 16.6 Å². The lowest BCUT2D eigenvalue weighted by molar-refractivity contribution is 0.200. The molecule has 1 N–H and O–H groups in total. The number of halogens is 2. The molecule has 1 saturated heterocycles. The standard InChI is InChI=1S/C29H27F2N7O2/c1-40-22-10-11-25-20(16-22)17-23(29(39)32-25)27(28-33-34-35-38(28)18-19-6-8-21(30)9-7-19)37-14-12-36(13-15-37)26-5-3-2-4-24(26)31/h2-11,16-17,27H,12-15,18H2,1H3,(H,32,39)/t27-/m1/s1. The van der Waals surface area contributed by atoms with E-state index in [0.29, 0.717) is 61.1 Å². The Morgan fingerprint density at radius 2 is 1.75 bits per heavy atom. The summed E-state index contributed by atoms with van der Waals surface area (Å²) in [6.07, 6.45) is 0. The van der Waals surface area contributed by atoms with E-state index < -0.39 is 6.04 Å². The van der Waals surface area contributed by atoms with Crippen LogP contribution in [0.3, 0.4) is 0 Å². The molecule has 6 rings (SSSR count). The molecule has 3 aromatic carbocycles. The average molecular weight is 544 g/mol. The van der Waals surface area contributed by atoms with Gasteiger partial charge >= 0.3 is 0 Å². The molecule has 1 fully saturated rings. The molecule has 0 aliphatic carbocycles. The predicted molar refractivity (Wildman–Crippen MR) is 146 cm³/mol. The van der Waals surface area contributed by atoms with Crippen LogP contribution in [0.2, 0.25) is 0 Å². The van der Waals surface area contributed by atoms with Crippen LogP contribution in [0, 0.1) is 11.6 Å². The van der Waals surface area contributed by atoms with Gasteiger partial charge in [-0.05, 0) is 64.5 Å². The summed E-state index contributed by atoms with van der Waals surface area (Å²) in [5, 5.41) is 13.3. The number of methoxy groups -OCH3 is 1. The third-order valence-electron chi connectivity index (χ3n) is 7.30. The van der Waals surface area contributed by atoms with Crippen LogP contribution < -0.4 is 15.2 Å².